The molecule has 2 heterocycles. The number of nitrogens with one attached hydrogen (secondary N) is 1. The number of anilines is 2. The van der Waals surface area contributed by atoms with Crippen LogP contribution in [0.1, 0.15) is 43.0 Å². The van der Waals surface area contributed by atoms with Gasteiger partial charge in [-0.15, -0.1) is 0 Å². The molecule has 1 N–H and O–H groups in total. The number of hydrogen-bond donors (Lipinski definition) is 1. The van der Waals surface area contributed by atoms with E-state index in [1.165, 1.54) is 6.42 Å². The number of nitrogens with zero attached hydrogens (tertiary/aromatic N) is 3. The van der Waals surface area contributed by atoms with Crippen molar-refractivity contribution in [3.63, 3.8) is 0 Å². The third-order valence-corrected chi connectivity index (χ3v) is 4.81. The van der Waals surface area contributed by atoms with E-state index in [4.69, 9.17) is 23.2 Å². The van der Waals surface area contributed by atoms with Crippen molar-refractivity contribution in [2.75, 3.05) is 16.8 Å². The van der Waals surface area contributed by atoms with Gasteiger partial charge in [-0.1, -0.05) is 30.1 Å². The van der Waals surface area contributed by atoms with E-state index >= 15 is 0 Å². The standard InChI is InChI=1S/C18H20Cl2N4O/c1-2-16-5-3-4-6-24(16)18-21-10-12(11-22-18)17(25)23-15-8-13(19)7-14(20)9-15/h7-11,16H,2-6H2,1H3,(H,23,25). The van der Waals surface area contributed by atoms with Gasteiger partial charge in [-0.2, -0.15) is 0 Å². The van der Waals surface area contributed by atoms with E-state index in [9.17, 15) is 4.79 Å². The van der Waals surface area contributed by atoms with E-state index < -0.39 is 0 Å². The lowest BCUT2D eigenvalue weighted by Gasteiger charge is -2.35. The first-order chi connectivity index (χ1) is 12.1. The first-order valence-electron chi connectivity index (χ1n) is 8.43. The molecule has 132 valence electrons. The Hall–Kier alpha value is -1.85. The zero-order chi connectivity index (χ0) is 17.8. The molecule has 0 bridgehead atoms. The fourth-order valence-corrected chi connectivity index (χ4v) is 3.63. The Balaban J connectivity index is 1.72. The number of rotatable bonds is 4. The van der Waals surface area contributed by atoms with Crippen molar-refractivity contribution in [3.8, 4) is 0 Å². The number of hydrogen-bond acceptors (Lipinski definition) is 4. The minimum absolute atomic E-state index is 0.296. The second-order valence-corrected chi connectivity index (χ2v) is 7.01. The summed E-state index contributed by atoms with van der Waals surface area (Å²) in [6.07, 6.45) is 7.75. The van der Waals surface area contributed by atoms with Crippen LogP contribution in [-0.4, -0.2) is 28.5 Å². The molecule has 1 amide bonds. The SMILES string of the molecule is CCC1CCCCN1c1ncc(C(=O)Nc2cc(Cl)cc(Cl)c2)cn1. The second kappa shape index (κ2) is 8.02. The molecule has 1 aromatic carbocycles. The summed E-state index contributed by atoms with van der Waals surface area (Å²) in [5.41, 5.74) is 0.929. The van der Waals surface area contributed by atoms with Crippen molar-refractivity contribution in [2.45, 2.75) is 38.6 Å². The third-order valence-electron chi connectivity index (χ3n) is 4.38. The van der Waals surface area contributed by atoms with Gasteiger partial charge in [0.2, 0.25) is 5.95 Å². The number of piperidine rings is 1. The van der Waals surface area contributed by atoms with Crippen LogP contribution in [0.4, 0.5) is 11.6 Å². The normalized spacial score (nSPS) is 17.4. The number of benzene rings is 1. The van der Waals surface area contributed by atoms with Gasteiger partial charge in [0.25, 0.3) is 5.91 Å². The largest absolute Gasteiger partial charge is 0.338 e. The van der Waals surface area contributed by atoms with E-state index in [-0.39, 0.29) is 5.91 Å². The van der Waals surface area contributed by atoms with Crippen LogP contribution in [0.2, 0.25) is 10.0 Å². The molecule has 0 saturated carbocycles. The Labute approximate surface area is 157 Å². The first-order valence-corrected chi connectivity index (χ1v) is 9.18. The fourth-order valence-electron chi connectivity index (χ4n) is 3.10. The summed E-state index contributed by atoms with van der Waals surface area (Å²) in [5.74, 6) is 0.393. The van der Waals surface area contributed by atoms with Crippen LogP contribution in [0.3, 0.4) is 0 Å². The number of carbonyl (C=O) groups is 1. The van der Waals surface area contributed by atoms with Gasteiger partial charge in [-0.05, 0) is 43.9 Å². The van der Waals surface area contributed by atoms with Crippen LogP contribution < -0.4 is 10.2 Å². The molecule has 1 fully saturated rings. The molecule has 1 aromatic heterocycles. The van der Waals surface area contributed by atoms with Crippen molar-refractivity contribution in [3.05, 3.63) is 46.2 Å². The lowest BCUT2D eigenvalue weighted by Crippen LogP contribution is -2.40. The second-order valence-electron chi connectivity index (χ2n) is 6.14. The van der Waals surface area contributed by atoms with E-state index in [2.05, 4.69) is 27.1 Å². The van der Waals surface area contributed by atoms with E-state index in [1.807, 2.05) is 0 Å². The predicted octanol–water partition coefficient (Wildman–Crippen LogP) is 4.80. The molecule has 1 saturated heterocycles. The summed E-state index contributed by atoms with van der Waals surface area (Å²) in [5, 5.41) is 3.68. The van der Waals surface area contributed by atoms with Crippen LogP contribution in [0.15, 0.2) is 30.6 Å². The van der Waals surface area contributed by atoms with Crippen molar-refractivity contribution in [1.82, 2.24) is 9.97 Å². The summed E-state index contributed by atoms with van der Waals surface area (Å²) >= 11 is 11.9. The van der Waals surface area contributed by atoms with Crippen LogP contribution in [-0.2, 0) is 0 Å². The van der Waals surface area contributed by atoms with Crippen LogP contribution in [0.5, 0.6) is 0 Å². The van der Waals surface area contributed by atoms with Crippen molar-refractivity contribution in [2.24, 2.45) is 0 Å². The average molecular weight is 379 g/mol. The molecule has 1 aliphatic heterocycles. The molecule has 1 aliphatic rings. The number of amides is 1. The predicted molar refractivity (Wildman–Crippen MR) is 102 cm³/mol. The van der Waals surface area contributed by atoms with Crippen molar-refractivity contribution >= 4 is 40.7 Å². The smallest absolute Gasteiger partial charge is 0.258 e. The highest BCUT2D eigenvalue weighted by Crippen LogP contribution is 2.24. The number of aromatic nitrogens is 2. The van der Waals surface area contributed by atoms with Gasteiger partial charge < -0.3 is 10.2 Å². The Bertz CT molecular complexity index is 731. The monoisotopic (exact) mass is 378 g/mol. The highest BCUT2D eigenvalue weighted by atomic mass is 35.5. The summed E-state index contributed by atoms with van der Waals surface area (Å²) in [6, 6.07) is 5.36. The number of carbonyl (C=O) groups excluding carboxylic acids is 1. The summed E-state index contributed by atoms with van der Waals surface area (Å²) in [7, 11) is 0. The van der Waals surface area contributed by atoms with Crippen molar-refractivity contribution in [1.29, 1.82) is 0 Å². The van der Waals surface area contributed by atoms with Gasteiger partial charge in [-0.25, -0.2) is 9.97 Å². The Morgan fingerprint density at radius 1 is 1.20 bits per heavy atom. The summed E-state index contributed by atoms with van der Waals surface area (Å²) < 4.78 is 0. The molecule has 0 radical (unpaired) electrons. The quantitative estimate of drug-likeness (QED) is 0.829. The summed E-state index contributed by atoms with van der Waals surface area (Å²) in [6.45, 7) is 3.14. The van der Waals surface area contributed by atoms with Gasteiger partial charge in [-0.3, -0.25) is 4.79 Å². The van der Waals surface area contributed by atoms with Gasteiger partial charge in [0.05, 0.1) is 5.56 Å². The maximum atomic E-state index is 12.4. The maximum Gasteiger partial charge on any atom is 0.258 e. The molecule has 0 aliphatic carbocycles. The average Bonchev–Trinajstić information content (AvgIpc) is 2.61. The molecule has 0 spiro atoms. The molecule has 1 atom stereocenters. The fraction of sp³-hybridized carbons (Fsp3) is 0.389. The van der Waals surface area contributed by atoms with E-state index in [0.717, 1.165) is 25.8 Å². The number of halogens is 2. The maximum absolute atomic E-state index is 12.4. The van der Waals surface area contributed by atoms with Crippen LogP contribution in [0, 0.1) is 0 Å². The summed E-state index contributed by atoms with van der Waals surface area (Å²) in [4.78, 5) is 23.4. The van der Waals surface area contributed by atoms with Crippen LogP contribution in [0.25, 0.3) is 0 Å². The molecule has 7 heteroatoms. The van der Waals surface area contributed by atoms with Gasteiger partial charge in [0.1, 0.15) is 0 Å². The molecule has 25 heavy (non-hydrogen) atoms. The lowest BCUT2D eigenvalue weighted by atomic mass is 10.0. The Morgan fingerprint density at radius 3 is 2.52 bits per heavy atom. The van der Waals surface area contributed by atoms with Gasteiger partial charge in [0.15, 0.2) is 0 Å². The first kappa shape index (κ1) is 18.0. The molecular formula is C18H20Cl2N4O. The zero-order valence-corrected chi connectivity index (χ0v) is 15.5. The molecule has 3 rings (SSSR count). The third kappa shape index (κ3) is 4.41. The molecule has 1 unspecified atom stereocenters. The highest BCUT2D eigenvalue weighted by Gasteiger charge is 2.23. The van der Waals surface area contributed by atoms with Crippen molar-refractivity contribution < 1.29 is 4.79 Å². The topological polar surface area (TPSA) is 58.1 Å². The molecular weight excluding hydrogens is 359 g/mol. The molecule has 5 nitrogen and oxygen atoms in total. The Kier molecular flexibility index (Phi) is 5.76. The van der Waals surface area contributed by atoms with E-state index in [0.29, 0.717) is 33.3 Å². The Morgan fingerprint density at radius 2 is 1.88 bits per heavy atom. The van der Waals surface area contributed by atoms with Crippen LogP contribution >= 0.6 is 23.2 Å². The highest BCUT2D eigenvalue weighted by molar-refractivity contribution is 6.35. The lowest BCUT2D eigenvalue weighted by molar-refractivity contribution is 0.102. The minimum atomic E-state index is -0.296. The minimum Gasteiger partial charge on any atom is -0.338 e. The van der Waals surface area contributed by atoms with E-state index in [1.54, 1.807) is 30.6 Å². The van der Waals surface area contributed by atoms with Gasteiger partial charge >= 0.3 is 0 Å². The zero-order valence-electron chi connectivity index (χ0n) is 14.0. The van der Waals surface area contributed by atoms with Gasteiger partial charge in [0, 0.05) is 40.7 Å². The molecule has 2 aromatic rings.